The van der Waals surface area contributed by atoms with Crippen molar-refractivity contribution < 1.29 is 4.79 Å². The molecule has 0 bridgehead atoms. The summed E-state index contributed by atoms with van der Waals surface area (Å²) in [5, 5.41) is 13.2. The number of halogens is 1. The monoisotopic (exact) mass is 493 g/mol. The lowest BCUT2D eigenvalue weighted by molar-refractivity contribution is -0.118. The quantitative estimate of drug-likeness (QED) is 0.239. The van der Waals surface area contributed by atoms with Crippen molar-refractivity contribution in [3.63, 3.8) is 0 Å². The minimum absolute atomic E-state index is 0.126. The predicted octanol–water partition coefficient (Wildman–Crippen LogP) is 3.73. The number of carbonyl (C=O) groups excluding carboxylic acids is 1. The van der Waals surface area contributed by atoms with Gasteiger partial charge in [-0.2, -0.15) is 5.10 Å². The number of aromatic nitrogens is 5. The minimum Gasteiger partial charge on any atom is -0.272 e. The van der Waals surface area contributed by atoms with Gasteiger partial charge in [-0.05, 0) is 48.5 Å². The highest BCUT2D eigenvalue weighted by molar-refractivity contribution is 9.10. The molecule has 0 spiro atoms. The second kappa shape index (κ2) is 10.1. The fourth-order valence-electron chi connectivity index (χ4n) is 2.65. The van der Waals surface area contributed by atoms with Crippen LogP contribution in [-0.2, 0) is 4.79 Å². The molecule has 31 heavy (non-hydrogen) atoms. The Bertz CT molecular complexity index is 1180. The normalized spacial score (nSPS) is 11.0. The summed E-state index contributed by atoms with van der Waals surface area (Å²) >= 11 is 4.73. The zero-order valence-corrected chi connectivity index (χ0v) is 18.5. The summed E-state index contributed by atoms with van der Waals surface area (Å²) in [4.78, 5) is 20.5. The number of hydrogen-bond donors (Lipinski definition) is 1. The Kier molecular flexibility index (Phi) is 6.80. The predicted molar refractivity (Wildman–Crippen MR) is 123 cm³/mol. The van der Waals surface area contributed by atoms with E-state index in [0.29, 0.717) is 16.7 Å². The topological polar surface area (TPSA) is 98.0 Å². The highest BCUT2D eigenvalue weighted by atomic mass is 79.9. The van der Waals surface area contributed by atoms with Gasteiger partial charge >= 0.3 is 0 Å². The molecule has 1 aromatic carbocycles. The van der Waals surface area contributed by atoms with Gasteiger partial charge in [0.25, 0.3) is 5.91 Å². The van der Waals surface area contributed by atoms with E-state index in [1.165, 1.54) is 18.0 Å². The van der Waals surface area contributed by atoms with E-state index in [4.69, 9.17) is 0 Å². The van der Waals surface area contributed by atoms with E-state index < -0.39 is 0 Å². The van der Waals surface area contributed by atoms with E-state index in [0.717, 1.165) is 15.7 Å². The molecule has 1 N–H and O–H groups in total. The number of amides is 1. The van der Waals surface area contributed by atoms with Crippen LogP contribution in [0.2, 0.25) is 0 Å². The Hall–Kier alpha value is -3.37. The highest BCUT2D eigenvalue weighted by Crippen LogP contribution is 2.28. The van der Waals surface area contributed by atoms with Gasteiger partial charge < -0.3 is 0 Å². The minimum atomic E-state index is -0.259. The molecule has 8 nitrogen and oxygen atoms in total. The molecule has 154 valence electrons. The molecule has 4 aromatic rings. The first-order valence-corrected chi connectivity index (χ1v) is 11.0. The van der Waals surface area contributed by atoms with Gasteiger partial charge in [-0.3, -0.25) is 19.3 Å². The van der Waals surface area contributed by atoms with Crippen molar-refractivity contribution in [1.29, 1.82) is 0 Å². The molecule has 0 fully saturated rings. The summed E-state index contributed by atoms with van der Waals surface area (Å²) in [6.45, 7) is 0. The van der Waals surface area contributed by atoms with Crippen molar-refractivity contribution in [3.05, 3.63) is 83.4 Å². The summed E-state index contributed by atoms with van der Waals surface area (Å²) in [6, 6.07) is 17.0. The fourth-order valence-corrected chi connectivity index (χ4v) is 3.66. The molecule has 0 aliphatic carbocycles. The Balaban J connectivity index is 1.51. The van der Waals surface area contributed by atoms with E-state index in [-0.39, 0.29) is 11.7 Å². The van der Waals surface area contributed by atoms with Crippen LogP contribution >= 0.6 is 27.7 Å². The average molecular weight is 494 g/mol. The van der Waals surface area contributed by atoms with E-state index in [1.807, 2.05) is 53.1 Å². The third-order valence-corrected chi connectivity index (χ3v) is 5.50. The summed E-state index contributed by atoms with van der Waals surface area (Å²) in [5.74, 6) is 0.512. The molecule has 0 radical (unpaired) electrons. The van der Waals surface area contributed by atoms with Crippen LogP contribution in [0.25, 0.3) is 17.1 Å². The number of hydrogen-bond acceptors (Lipinski definition) is 7. The molecule has 0 unspecified atom stereocenters. The van der Waals surface area contributed by atoms with Crippen molar-refractivity contribution >= 4 is 39.8 Å². The highest BCUT2D eigenvalue weighted by Gasteiger charge is 2.17. The Labute approximate surface area is 191 Å². The molecule has 4 rings (SSSR count). The lowest BCUT2D eigenvalue weighted by atomic mass is 10.2. The maximum absolute atomic E-state index is 12.2. The Morgan fingerprint density at radius 2 is 1.97 bits per heavy atom. The zero-order chi connectivity index (χ0) is 21.5. The van der Waals surface area contributed by atoms with Crippen molar-refractivity contribution in [2.45, 2.75) is 5.16 Å². The number of rotatable bonds is 7. The number of nitrogens with one attached hydrogen (secondary N) is 1. The first-order valence-electron chi connectivity index (χ1n) is 9.18. The van der Waals surface area contributed by atoms with Crippen LogP contribution in [-0.4, -0.2) is 42.6 Å². The number of benzene rings is 1. The van der Waals surface area contributed by atoms with Gasteiger partial charge in [-0.1, -0.05) is 33.8 Å². The van der Waals surface area contributed by atoms with E-state index >= 15 is 0 Å². The molecule has 0 saturated carbocycles. The standard InChI is InChI=1S/C21H16BrN7OS/c22-16-6-8-18(9-7-16)29-20(15-4-3-10-23-12-15)27-28-21(29)31-14-19(30)26-25-13-17-5-1-2-11-24-17/h1-13H,14H2,(H,26,30). The van der Waals surface area contributed by atoms with Crippen LogP contribution in [0.3, 0.4) is 0 Å². The number of pyridine rings is 2. The van der Waals surface area contributed by atoms with Crippen molar-refractivity contribution in [1.82, 2.24) is 30.2 Å². The van der Waals surface area contributed by atoms with Crippen LogP contribution in [0, 0.1) is 0 Å². The number of carbonyl (C=O) groups is 1. The second-order valence-electron chi connectivity index (χ2n) is 6.20. The van der Waals surface area contributed by atoms with Gasteiger partial charge in [0.1, 0.15) is 0 Å². The maximum Gasteiger partial charge on any atom is 0.250 e. The van der Waals surface area contributed by atoms with Crippen LogP contribution < -0.4 is 5.43 Å². The molecule has 0 saturated heterocycles. The molecule has 1 amide bonds. The molecule has 3 aromatic heterocycles. The van der Waals surface area contributed by atoms with Gasteiger partial charge in [-0.25, -0.2) is 5.43 Å². The summed E-state index contributed by atoms with van der Waals surface area (Å²) in [7, 11) is 0. The first kappa shape index (κ1) is 20.9. The van der Waals surface area contributed by atoms with E-state index in [2.05, 4.69) is 46.6 Å². The SMILES string of the molecule is O=C(CSc1nnc(-c2cccnc2)n1-c1ccc(Br)cc1)NN=Cc1ccccn1. The number of nitrogens with zero attached hydrogens (tertiary/aromatic N) is 6. The summed E-state index contributed by atoms with van der Waals surface area (Å²) in [6.07, 6.45) is 6.59. The number of hydrazone groups is 1. The lowest BCUT2D eigenvalue weighted by Gasteiger charge is -2.10. The Morgan fingerprint density at radius 1 is 1.10 bits per heavy atom. The smallest absolute Gasteiger partial charge is 0.250 e. The van der Waals surface area contributed by atoms with Crippen LogP contribution in [0.15, 0.2) is 87.9 Å². The molecule has 3 heterocycles. The maximum atomic E-state index is 12.2. The van der Waals surface area contributed by atoms with Crippen LogP contribution in [0.5, 0.6) is 0 Å². The van der Waals surface area contributed by atoms with Gasteiger partial charge in [0.2, 0.25) is 0 Å². The van der Waals surface area contributed by atoms with E-state index in [1.54, 1.807) is 24.7 Å². The van der Waals surface area contributed by atoms with Crippen molar-refractivity contribution in [3.8, 4) is 17.1 Å². The molecular formula is C21H16BrN7OS. The van der Waals surface area contributed by atoms with Crippen molar-refractivity contribution in [2.24, 2.45) is 5.10 Å². The van der Waals surface area contributed by atoms with Crippen LogP contribution in [0.1, 0.15) is 5.69 Å². The molecule has 0 aliphatic rings. The van der Waals surface area contributed by atoms with Gasteiger partial charge in [-0.15, -0.1) is 10.2 Å². The van der Waals surface area contributed by atoms with E-state index in [9.17, 15) is 4.79 Å². The third-order valence-electron chi connectivity index (χ3n) is 4.04. The van der Waals surface area contributed by atoms with Gasteiger partial charge in [0, 0.05) is 34.3 Å². The van der Waals surface area contributed by atoms with Gasteiger partial charge in [0.15, 0.2) is 11.0 Å². The van der Waals surface area contributed by atoms with Gasteiger partial charge in [0.05, 0.1) is 17.7 Å². The average Bonchev–Trinajstić information content (AvgIpc) is 3.23. The number of thioether (sulfide) groups is 1. The fraction of sp³-hybridized carbons (Fsp3) is 0.0476. The van der Waals surface area contributed by atoms with Crippen LogP contribution in [0.4, 0.5) is 0 Å². The second-order valence-corrected chi connectivity index (χ2v) is 8.05. The summed E-state index contributed by atoms with van der Waals surface area (Å²) in [5.41, 5.74) is 4.87. The molecule has 10 heteroatoms. The molecule has 0 aliphatic heterocycles. The zero-order valence-electron chi connectivity index (χ0n) is 16.1. The Morgan fingerprint density at radius 3 is 2.71 bits per heavy atom. The largest absolute Gasteiger partial charge is 0.272 e. The third kappa shape index (κ3) is 5.41. The lowest BCUT2D eigenvalue weighted by Crippen LogP contribution is -2.20. The first-order chi connectivity index (χ1) is 15.2. The summed E-state index contributed by atoms with van der Waals surface area (Å²) < 4.78 is 2.87. The molecule has 0 atom stereocenters. The molecular weight excluding hydrogens is 478 g/mol. The van der Waals surface area contributed by atoms with Crippen molar-refractivity contribution in [2.75, 3.05) is 5.75 Å².